The van der Waals surface area contributed by atoms with Gasteiger partial charge in [0.25, 0.3) is 10.0 Å². The Morgan fingerprint density at radius 1 is 1.35 bits per heavy atom. The summed E-state index contributed by atoms with van der Waals surface area (Å²) in [6, 6.07) is 7.14. The van der Waals surface area contributed by atoms with Gasteiger partial charge < -0.3 is 24.8 Å². The molecule has 4 atom stereocenters. The van der Waals surface area contributed by atoms with Gasteiger partial charge in [0.05, 0.1) is 11.0 Å². The summed E-state index contributed by atoms with van der Waals surface area (Å²) in [5.74, 6) is -2.31. The number of benzene rings is 1. The van der Waals surface area contributed by atoms with E-state index >= 15 is 0 Å². The van der Waals surface area contributed by atoms with Gasteiger partial charge in [-0.2, -0.15) is 0 Å². The Morgan fingerprint density at radius 2 is 1.96 bits per heavy atom. The van der Waals surface area contributed by atoms with Crippen LogP contribution < -0.4 is 4.72 Å². The van der Waals surface area contributed by atoms with E-state index in [1.807, 2.05) is 0 Å². The van der Waals surface area contributed by atoms with Crippen LogP contribution in [0.4, 0.5) is 4.79 Å². The molecule has 9 nitrogen and oxygen atoms in total. The molecule has 4 N–H and O–H groups in total. The minimum atomic E-state index is -4.12. The molecule has 1 unspecified atom stereocenters. The van der Waals surface area contributed by atoms with E-state index in [9.17, 15) is 28.5 Å². The average molecular weight is 347 g/mol. The summed E-state index contributed by atoms with van der Waals surface area (Å²) < 4.78 is 35.0. The first-order valence-electron chi connectivity index (χ1n) is 6.67. The highest BCUT2D eigenvalue weighted by Crippen LogP contribution is 2.29. The third-order valence-corrected chi connectivity index (χ3v) is 4.67. The van der Waals surface area contributed by atoms with Gasteiger partial charge in [-0.3, -0.25) is 0 Å². The number of ether oxygens (including phenoxy) is 2. The second-order valence-corrected chi connectivity index (χ2v) is 6.78. The second-order valence-electron chi connectivity index (χ2n) is 5.10. The molecule has 1 heterocycles. The lowest BCUT2D eigenvalue weighted by Gasteiger charge is -2.25. The second kappa shape index (κ2) is 6.42. The van der Waals surface area contributed by atoms with Crippen LogP contribution in [0.1, 0.15) is 6.92 Å². The van der Waals surface area contributed by atoms with E-state index in [1.165, 1.54) is 31.2 Å². The third-order valence-electron chi connectivity index (χ3n) is 3.34. The molecule has 0 spiro atoms. The molecular formula is C13H17NO8S. The predicted molar refractivity (Wildman–Crippen MR) is 75.6 cm³/mol. The van der Waals surface area contributed by atoms with Crippen LogP contribution in [-0.2, 0) is 19.5 Å². The SMILES string of the molecule is CC1O[C@](O)(COC(=O)NS(=O)(=O)c2ccccc2)[C@@H](O)[C@H]1O. The monoisotopic (exact) mass is 347 g/mol. The lowest BCUT2D eigenvalue weighted by atomic mass is 10.1. The zero-order valence-corrected chi connectivity index (χ0v) is 12.9. The molecule has 0 aromatic heterocycles. The van der Waals surface area contributed by atoms with Crippen molar-refractivity contribution >= 4 is 16.1 Å². The lowest BCUT2D eigenvalue weighted by Crippen LogP contribution is -2.48. The van der Waals surface area contributed by atoms with Crippen molar-refractivity contribution in [2.45, 2.75) is 35.9 Å². The fourth-order valence-electron chi connectivity index (χ4n) is 2.07. The first kappa shape index (κ1) is 17.6. The summed E-state index contributed by atoms with van der Waals surface area (Å²) in [5, 5.41) is 29.1. The molecule has 0 saturated carbocycles. The van der Waals surface area contributed by atoms with Gasteiger partial charge in [-0.05, 0) is 19.1 Å². The molecule has 1 aliphatic heterocycles. The number of hydrogen-bond donors (Lipinski definition) is 4. The fourth-order valence-corrected chi connectivity index (χ4v) is 2.98. The summed E-state index contributed by atoms with van der Waals surface area (Å²) in [6.07, 6.45) is -5.29. The lowest BCUT2D eigenvalue weighted by molar-refractivity contribution is -0.243. The fraction of sp³-hybridized carbons (Fsp3) is 0.462. The summed E-state index contributed by atoms with van der Waals surface area (Å²) in [4.78, 5) is 11.4. The predicted octanol–water partition coefficient (Wildman–Crippen LogP) is -1.07. The molecule has 128 valence electrons. The highest BCUT2D eigenvalue weighted by atomic mass is 32.2. The average Bonchev–Trinajstić information content (AvgIpc) is 2.70. The largest absolute Gasteiger partial charge is 0.443 e. The van der Waals surface area contributed by atoms with Crippen LogP contribution in [-0.4, -0.2) is 60.5 Å². The number of aliphatic hydroxyl groups is 3. The van der Waals surface area contributed by atoms with Crippen molar-refractivity contribution in [3.63, 3.8) is 0 Å². The van der Waals surface area contributed by atoms with Crippen molar-refractivity contribution in [2.75, 3.05) is 6.61 Å². The van der Waals surface area contributed by atoms with Gasteiger partial charge in [0, 0.05) is 0 Å². The summed E-state index contributed by atoms with van der Waals surface area (Å²) in [7, 11) is -4.12. The Labute approximate surface area is 132 Å². The zero-order chi connectivity index (χ0) is 17.3. The van der Waals surface area contributed by atoms with Gasteiger partial charge in [0.1, 0.15) is 18.8 Å². The number of aliphatic hydroxyl groups excluding tert-OH is 2. The maximum absolute atomic E-state index is 11.9. The molecule has 1 saturated heterocycles. The van der Waals surface area contributed by atoms with E-state index in [0.29, 0.717) is 0 Å². The van der Waals surface area contributed by atoms with Crippen LogP contribution in [0.2, 0.25) is 0 Å². The summed E-state index contributed by atoms with van der Waals surface area (Å²) in [6.45, 7) is 0.553. The van der Waals surface area contributed by atoms with Crippen molar-refractivity contribution in [1.82, 2.24) is 4.72 Å². The van der Waals surface area contributed by atoms with Crippen molar-refractivity contribution < 1.29 is 38.0 Å². The number of hydrogen-bond acceptors (Lipinski definition) is 8. The maximum Gasteiger partial charge on any atom is 0.421 e. The molecule has 0 bridgehead atoms. The molecule has 1 aromatic carbocycles. The number of amides is 1. The van der Waals surface area contributed by atoms with Gasteiger partial charge >= 0.3 is 6.09 Å². The molecule has 1 aliphatic rings. The number of carbonyl (C=O) groups excluding carboxylic acids is 1. The number of nitrogens with one attached hydrogen (secondary N) is 1. The minimum Gasteiger partial charge on any atom is -0.443 e. The van der Waals surface area contributed by atoms with E-state index in [-0.39, 0.29) is 4.90 Å². The normalized spacial score (nSPS) is 30.9. The number of rotatable bonds is 4. The van der Waals surface area contributed by atoms with Crippen molar-refractivity contribution in [3.05, 3.63) is 30.3 Å². The van der Waals surface area contributed by atoms with Crippen LogP contribution in [0.3, 0.4) is 0 Å². The van der Waals surface area contributed by atoms with Gasteiger partial charge in [0.2, 0.25) is 5.79 Å². The summed E-state index contributed by atoms with van der Waals surface area (Å²) >= 11 is 0. The van der Waals surface area contributed by atoms with E-state index in [2.05, 4.69) is 4.74 Å². The topological polar surface area (TPSA) is 142 Å². The van der Waals surface area contributed by atoms with E-state index in [1.54, 1.807) is 10.8 Å². The van der Waals surface area contributed by atoms with Gasteiger partial charge in [-0.1, -0.05) is 18.2 Å². The van der Waals surface area contributed by atoms with Crippen molar-refractivity contribution in [1.29, 1.82) is 0 Å². The first-order chi connectivity index (χ1) is 10.7. The number of sulfonamides is 1. The Morgan fingerprint density at radius 3 is 2.48 bits per heavy atom. The van der Waals surface area contributed by atoms with Crippen LogP contribution in [0.25, 0.3) is 0 Å². The van der Waals surface area contributed by atoms with Crippen LogP contribution in [0.5, 0.6) is 0 Å². The Bertz CT molecular complexity index is 664. The first-order valence-corrected chi connectivity index (χ1v) is 8.15. The molecule has 1 aromatic rings. The molecule has 1 amide bonds. The van der Waals surface area contributed by atoms with Gasteiger partial charge in [0.15, 0.2) is 0 Å². The molecule has 0 radical (unpaired) electrons. The van der Waals surface area contributed by atoms with Crippen LogP contribution in [0, 0.1) is 0 Å². The van der Waals surface area contributed by atoms with Crippen LogP contribution >= 0.6 is 0 Å². The minimum absolute atomic E-state index is 0.142. The maximum atomic E-state index is 11.9. The van der Waals surface area contributed by atoms with Gasteiger partial charge in [-0.25, -0.2) is 17.9 Å². The highest BCUT2D eigenvalue weighted by Gasteiger charge is 2.52. The molecule has 10 heteroatoms. The quantitative estimate of drug-likeness (QED) is 0.539. The third kappa shape index (κ3) is 3.79. The molecule has 0 aliphatic carbocycles. The molecular weight excluding hydrogens is 330 g/mol. The van der Waals surface area contributed by atoms with E-state index in [4.69, 9.17) is 4.74 Å². The standard InChI is InChI=1S/C13H17NO8S/c1-8-10(15)11(16)13(18,22-8)7-21-12(17)14-23(19,20)9-5-3-2-4-6-9/h2-6,8,10-11,15-16,18H,7H2,1H3,(H,14,17)/t8?,10-,11-,13+/m0/s1. The summed E-state index contributed by atoms with van der Waals surface area (Å²) in [5.41, 5.74) is 0. The Hall–Kier alpha value is -1.72. The van der Waals surface area contributed by atoms with Gasteiger partial charge in [-0.15, -0.1) is 0 Å². The van der Waals surface area contributed by atoms with E-state index < -0.39 is 46.8 Å². The molecule has 1 fully saturated rings. The molecule has 2 rings (SSSR count). The van der Waals surface area contributed by atoms with Crippen LogP contribution in [0.15, 0.2) is 35.2 Å². The Balaban J connectivity index is 1.96. The van der Waals surface area contributed by atoms with Crippen molar-refractivity contribution in [2.24, 2.45) is 0 Å². The highest BCUT2D eigenvalue weighted by molar-refractivity contribution is 7.90. The molecule has 23 heavy (non-hydrogen) atoms. The van der Waals surface area contributed by atoms with E-state index in [0.717, 1.165) is 0 Å². The zero-order valence-electron chi connectivity index (χ0n) is 12.1. The van der Waals surface area contributed by atoms with Crippen molar-refractivity contribution in [3.8, 4) is 0 Å². The Kier molecular flexibility index (Phi) is 4.92. The smallest absolute Gasteiger partial charge is 0.421 e. The number of carbonyl (C=O) groups is 1.